The molecule has 0 aliphatic carbocycles. The van der Waals surface area contributed by atoms with E-state index in [1.165, 1.54) is 37.8 Å². The van der Waals surface area contributed by atoms with Gasteiger partial charge in [0.05, 0.1) is 0 Å². The van der Waals surface area contributed by atoms with Crippen LogP contribution < -0.4 is 0 Å². The van der Waals surface area contributed by atoms with Gasteiger partial charge in [-0.25, -0.2) is 0 Å². The fourth-order valence-electron chi connectivity index (χ4n) is 1.21. The maximum Gasteiger partial charge on any atom is -0.00248 e. The van der Waals surface area contributed by atoms with Crippen LogP contribution in [0.4, 0.5) is 0 Å². The summed E-state index contributed by atoms with van der Waals surface area (Å²) in [6, 6.07) is 10.3. The highest BCUT2D eigenvalue weighted by Gasteiger charge is 1.86. The van der Waals surface area contributed by atoms with E-state index in [1.807, 2.05) is 32.0 Å². The minimum Gasteiger partial charge on any atom is -0.309 e. The zero-order valence-corrected chi connectivity index (χ0v) is 15.4. The van der Waals surface area contributed by atoms with Crippen molar-refractivity contribution in [3.63, 3.8) is 0 Å². The van der Waals surface area contributed by atoms with Crippen LogP contribution in [0.3, 0.4) is 0 Å². The van der Waals surface area contributed by atoms with Crippen molar-refractivity contribution in [3.8, 4) is 0 Å². The van der Waals surface area contributed by atoms with Crippen molar-refractivity contribution < 1.29 is 0 Å². The molecule has 0 saturated heterocycles. The highest BCUT2D eigenvalue weighted by Crippen LogP contribution is 1.93. The minimum atomic E-state index is 1.24. The fourth-order valence-corrected chi connectivity index (χ4v) is 1.21. The van der Waals surface area contributed by atoms with E-state index in [-0.39, 0.29) is 0 Å². The summed E-state index contributed by atoms with van der Waals surface area (Å²) in [5, 5.41) is 0. The molecule has 0 unspecified atom stereocenters. The lowest BCUT2D eigenvalue weighted by Gasteiger charge is -2.06. The molecule has 1 heteroatoms. The second-order valence-electron chi connectivity index (χ2n) is 4.87. The first-order valence-electron chi connectivity index (χ1n) is 8.24. The van der Waals surface area contributed by atoms with Crippen molar-refractivity contribution >= 4 is 0 Å². The maximum absolute atomic E-state index is 2.23. The van der Waals surface area contributed by atoms with Crippen LogP contribution >= 0.6 is 0 Å². The highest BCUT2D eigenvalue weighted by atomic mass is 15.0. The van der Waals surface area contributed by atoms with E-state index in [2.05, 4.69) is 58.8 Å². The number of aryl methyl sites for hydroxylation is 1. The average Bonchev–Trinajstić information content (AvgIpc) is 2.43. The molecule has 1 nitrogen and oxygen atoms in total. The summed E-state index contributed by atoms with van der Waals surface area (Å²) < 4.78 is 0. The largest absolute Gasteiger partial charge is 0.309 e. The monoisotopic (exact) mass is 281 g/mol. The third kappa shape index (κ3) is 30.3. The van der Waals surface area contributed by atoms with Crippen LogP contribution in [0.15, 0.2) is 30.3 Å². The Hall–Kier alpha value is -0.820. The highest BCUT2D eigenvalue weighted by molar-refractivity contribution is 5.11. The Morgan fingerprint density at radius 3 is 1.55 bits per heavy atom. The Balaban J connectivity index is -0.000000220. The quantitative estimate of drug-likeness (QED) is 0.596. The van der Waals surface area contributed by atoms with E-state index < -0.39 is 0 Å². The van der Waals surface area contributed by atoms with Gasteiger partial charge in [-0.15, -0.1) is 0 Å². The van der Waals surface area contributed by atoms with E-state index in [0.29, 0.717) is 0 Å². The molecule has 0 spiro atoms. The fraction of sp³-hybridized carbons (Fsp3) is 0.684. The van der Waals surface area contributed by atoms with Gasteiger partial charge in [0.25, 0.3) is 0 Å². The number of rotatable bonds is 4. The third-order valence-corrected chi connectivity index (χ3v) is 2.15. The van der Waals surface area contributed by atoms with Crippen LogP contribution in [0, 0.1) is 6.92 Å². The smallest absolute Gasteiger partial charge is 0.00248 e. The topological polar surface area (TPSA) is 3.24 Å². The summed E-state index contributed by atoms with van der Waals surface area (Å²) in [4.78, 5) is 2.23. The SMILES string of the molecule is CC.CCC.CCCCCN(C)C.Cc1ccccc1. The molecule has 120 valence electrons. The molecule has 0 atom stereocenters. The van der Waals surface area contributed by atoms with Crippen molar-refractivity contribution in [3.05, 3.63) is 35.9 Å². The number of benzene rings is 1. The van der Waals surface area contributed by atoms with Crippen molar-refractivity contribution in [2.45, 2.75) is 67.2 Å². The Kier molecular flexibility index (Phi) is 28.2. The summed E-state index contributed by atoms with van der Waals surface area (Å²) in [5.74, 6) is 0. The van der Waals surface area contributed by atoms with Gasteiger partial charge in [-0.2, -0.15) is 0 Å². The second kappa shape index (κ2) is 23.3. The van der Waals surface area contributed by atoms with Gasteiger partial charge >= 0.3 is 0 Å². The molecule has 0 aliphatic rings. The van der Waals surface area contributed by atoms with Gasteiger partial charge in [-0.1, -0.05) is 89.8 Å². The van der Waals surface area contributed by atoms with Gasteiger partial charge in [0.1, 0.15) is 0 Å². The summed E-state index contributed by atoms with van der Waals surface area (Å²) in [5.41, 5.74) is 1.32. The molecule has 0 N–H and O–H groups in total. The molecule has 0 bridgehead atoms. The first kappa shape index (κ1) is 24.2. The first-order chi connectivity index (χ1) is 9.58. The van der Waals surface area contributed by atoms with Crippen LogP contribution in [-0.4, -0.2) is 25.5 Å². The molecular weight excluding hydrogens is 242 g/mol. The molecule has 1 rings (SSSR count). The minimum absolute atomic E-state index is 1.24. The first-order valence-corrected chi connectivity index (χ1v) is 8.24. The molecular formula is C19H39N. The molecule has 1 aromatic rings. The van der Waals surface area contributed by atoms with Crippen molar-refractivity contribution in [2.75, 3.05) is 20.6 Å². The van der Waals surface area contributed by atoms with Gasteiger partial charge in [-0.3, -0.25) is 0 Å². The molecule has 1 aromatic carbocycles. The second-order valence-corrected chi connectivity index (χ2v) is 4.87. The summed E-state index contributed by atoms with van der Waals surface area (Å²) in [6.45, 7) is 13.8. The molecule has 0 saturated carbocycles. The van der Waals surface area contributed by atoms with E-state index in [4.69, 9.17) is 0 Å². The summed E-state index contributed by atoms with van der Waals surface area (Å²) in [6.07, 6.45) is 5.30. The normalized spacial score (nSPS) is 8.45. The van der Waals surface area contributed by atoms with E-state index in [0.717, 1.165) is 0 Å². The van der Waals surface area contributed by atoms with Gasteiger partial charge in [0.15, 0.2) is 0 Å². The third-order valence-electron chi connectivity index (χ3n) is 2.15. The predicted molar refractivity (Wildman–Crippen MR) is 96.6 cm³/mol. The molecule has 0 aromatic heterocycles. The molecule has 0 fully saturated rings. The zero-order valence-electron chi connectivity index (χ0n) is 15.4. The Bertz CT molecular complexity index is 229. The van der Waals surface area contributed by atoms with Gasteiger partial charge in [-0.05, 0) is 34.0 Å². The predicted octanol–water partition coefficient (Wildman–Crippen LogP) is 6.18. The van der Waals surface area contributed by atoms with Crippen LogP contribution in [-0.2, 0) is 0 Å². The van der Waals surface area contributed by atoms with E-state index >= 15 is 0 Å². The molecule has 0 amide bonds. The zero-order chi connectivity index (χ0) is 16.2. The lowest BCUT2D eigenvalue weighted by atomic mass is 10.2. The van der Waals surface area contributed by atoms with Crippen LogP contribution in [0.25, 0.3) is 0 Å². The standard InChI is InChI=1S/C7H17N.C7H8.C3H8.C2H6/c1-4-5-6-7-8(2)3;1-7-5-3-2-4-6-7;1-3-2;1-2/h4-7H2,1-3H3;2-6H,1H3;3H2,1-2H3;1-2H3. The molecule has 0 heterocycles. The number of hydrogen-bond acceptors (Lipinski definition) is 1. The lowest BCUT2D eigenvalue weighted by Crippen LogP contribution is -2.12. The van der Waals surface area contributed by atoms with Crippen molar-refractivity contribution in [2.24, 2.45) is 0 Å². The van der Waals surface area contributed by atoms with E-state index in [9.17, 15) is 0 Å². The van der Waals surface area contributed by atoms with Gasteiger partial charge in [0, 0.05) is 0 Å². The van der Waals surface area contributed by atoms with Gasteiger partial charge < -0.3 is 4.90 Å². The van der Waals surface area contributed by atoms with Crippen LogP contribution in [0.1, 0.15) is 65.9 Å². The molecule has 20 heavy (non-hydrogen) atoms. The molecule has 0 radical (unpaired) electrons. The number of nitrogens with zero attached hydrogens (tertiary/aromatic N) is 1. The van der Waals surface area contributed by atoms with E-state index in [1.54, 1.807) is 0 Å². The lowest BCUT2D eigenvalue weighted by molar-refractivity contribution is 0.393. The number of hydrogen-bond donors (Lipinski definition) is 0. The van der Waals surface area contributed by atoms with Crippen LogP contribution in [0.2, 0.25) is 0 Å². The molecule has 0 aliphatic heterocycles. The Morgan fingerprint density at radius 2 is 1.30 bits per heavy atom. The van der Waals surface area contributed by atoms with Crippen LogP contribution in [0.5, 0.6) is 0 Å². The number of unbranched alkanes of at least 4 members (excludes halogenated alkanes) is 2. The average molecular weight is 282 g/mol. The summed E-state index contributed by atoms with van der Waals surface area (Å²) in [7, 11) is 4.24. The van der Waals surface area contributed by atoms with Crippen molar-refractivity contribution in [1.29, 1.82) is 0 Å². The maximum atomic E-state index is 2.23. The Labute approximate surface area is 129 Å². The summed E-state index contributed by atoms with van der Waals surface area (Å²) >= 11 is 0. The Morgan fingerprint density at radius 1 is 0.850 bits per heavy atom. The van der Waals surface area contributed by atoms with Gasteiger partial charge in [0.2, 0.25) is 0 Å². The van der Waals surface area contributed by atoms with Crippen molar-refractivity contribution in [1.82, 2.24) is 4.90 Å².